The number of thiophene rings is 1. The number of H-pyrrole nitrogens is 1. The first-order valence-corrected chi connectivity index (χ1v) is 9.21. The minimum Gasteiger partial charge on any atom is -0.363 e. The van der Waals surface area contributed by atoms with E-state index < -0.39 is 10.0 Å². The molecule has 20 heavy (non-hydrogen) atoms. The van der Waals surface area contributed by atoms with Gasteiger partial charge in [0.05, 0.1) is 10.8 Å². The molecule has 1 N–H and O–H groups in total. The molecule has 7 heteroatoms. The summed E-state index contributed by atoms with van der Waals surface area (Å²) >= 11 is 7.42. The van der Waals surface area contributed by atoms with Gasteiger partial charge in [0.15, 0.2) is 0 Å². The van der Waals surface area contributed by atoms with E-state index in [0.717, 1.165) is 12.0 Å². The number of hydrogen-bond donors (Lipinski definition) is 1. The lowest BCUT2D eigenvalue weighted by molar-refractivity contribution is 0.329. The van der Waals surface area contributed by atoms with Crippen LogP contribution in [0.4, 0.5) is 0 Å². The summed E-state index contributed by atoms with van der Waals surface area (Å²) in [5.41, 5.74) is 1.84. The second-order valence-electron chi connectivity index (χ2n) is 4.84. The van der Waals surface area contributed by atoms with Crippen LogP contribution in [0.5, 0.6) is 0 Å². The Morgan fingerprint density at radius 3 is 3.05 bits per heavy atom. The molecule has 0 aliphatic carbocycles. The van der Waals surface area contributed by atoms with Crippen LogP contribution in [0.3, 0.4) is 0 Å². The van der Waals surface area contributed by atoms with Gasteiger partial charge in [-0.05, 0) is 36.4 Å². The average molecular weight is 331 g/mol. The van der Waals surface area contributed by atoms with Crippen molar-refractivity contribution in [2.45, 2.75) is 30.2 Å². The van der Waals surface area contributed by atoms with Crippen molar-refractivity contribution in [3.8, 4) is 0 Å². The van der Waals surface area contributed by atoms with Crippen molar-refractivity contribution in [3.63, 3.8) is 0 Å². The van der Waals surface area contributed by atoms with Gasteiger partial charge >= 0.3 is 0 Å². The van der Waals surface area contributed by atoms with E-state index in [0.29, 0.717) is 17.1 Å². The summed E-state index contributed by atoms with van der Waals surface area (Å²) < 4.78 is 27.0. The van der Waals surface area contributed by atoms with Crippen LogP contribution in [0.15, 0.2) is 28.6 Å². The molecule has 0 saturated heterocycles. The predicted molar refractivity (Wildman–Crippen MR) is 80.7 cm³/mol. The summed E-state index contributed by atoms with van der Waals surface area (Å²) in [7, 11) is -3.47. The summed E-state index contributed by atoms with van der Waals surface area (Å²) in [6, 6.07) is 3.51. The Morgan fingerprint density at radius 2 is 2.35 bits per heavy atom. The topological polar surface area (TPSA) is 53.2 Å². The van der Waals surface area contributed by atoms with Gasteiger partial charge in [-0.15, -0.1) is 22.9 Å². The Kier molecular flexibility index (Phi) is 3.66. The molecule has 0 spiro atoms. The number of fused-ring (bicyclic) bond motifs is 1. The quantitative estimate of drug-likeness (QED) is 0.879. The highest BCUT2D eigenvalue weighted by molar-refractivity contribution is 7.89. The van der Waals surface area contributed by atoms with Gasteiger partial charge in [0.1, 0.15) is 0 Å². The number of nitrogens with zero attached hydrogens (tertiary/aromatic N) is 1. The number of hydrogen-bond acceptors (Lipinski definition) is 3. The molecular formula is C13H15ClN2O2S2. The van der Waals surface area contributed by atoms with Crippen molar-refractivity contribution < 1.29 is 8.42 Å². The molecule has 4 nitrogen and oxygen atoms in total. The molecule has 3 heterocycles. The fourth-order valence-corrected chi connectivity index (χ4v) is 5.34. The van der Waals surface area contributed by atoms with Crippen molar-refractivity contribution in [2.75, 3.05) is 6.54 Å². The van der Waals surface area contributed by atoms with Crippen LogP contribution < -0.4 is 0 Å². The Bertz CT molecular complexity index is 720. The number of aromatic amines is 1. The van der Waals surface area contributed by atoms with Crippen molar-refractivity contribution >= 4 is 33.0 Å². The van der Waals surface area contributed by atoms with E-state index in [-0.39, 0.29) is 11.9 Å². The molecule has 0 aromatic carbocycles. The van der Waals surface area contributed by atoms with Crippen LogP contribution in [-0.4, -0.2) is 24.3 Å². The maximum atomic E-state index is 12.7. The number of nitrogens with one attached hydrogen (secondary N) is 1. The van der Waals surface area contributed by atoms with Crippen LogP contribution in [0.1, 0.15) is 29.1 Å². The summed E-state index contributed by atoms with van der Waals surface area (Å²) in [6.07, 6.45) is 2.30. The van der Waals surface area contributed by atoms with Gasteiger partial charge in [0.25, 0.3) is 0 Å². The molecule has 0 radical (unpaired) electrons. The maximum Gasteiger partial charge on any atom is 0.245 e. The standard InChI is InChI=1S/C13H15ClN2O2S2/c1-9-12-3-5-19-13(12)2-4-16(9)20(17,18)11-6-10(7-14)15-8-11/h3,5-6,8-9,15H,2,4,7H2,1H3. The fraction of sp³-hybridized carbons (Fsp3) is 0.385. The fourth-order valence-electron chi connectivity index (χ4n) is 2.60. The van der Waals surface area contributed by atoms with Crippen LogP contribution in [0.2, 0.25) is 0 Å². The van der Waals surface area contributed by atoms with Crippen LogP contribution in [0, 0.1) is 0 Å². The first-order valence-electron chi connectivity index (χ1n) is 6.35. The van der Waals surface area contributed by atoms with E-state index in [1.807, 2.05) is 18.4 Å². The molecule has 2 aromatic heterocycles. The van der Waals surface area contributed by atoms with Gasteiger partial charge in [-0.2, -0.15) is 4.31 Å². The van der Waals surface area contributed by atoms with E-state index in [9.17, 15) is 8.42 Å². The second-order valence-corrected chi connectivity index (χ2v) is 7.99. The highest BCUT2D eigenvalue weighted by atomic mass is 35.5. The third-order valence-electron chi connectivity index (χ3n) is 3.69. The average Bonchev–Trinajstić information content (AvgIpc) is 3.08. The third kappa shape index (κ3) is 2.20. The normalized spacial score (nSPS) is 20.0. The Morgan fingerprint density at radius 1 is 1.55 bits per heavy atom. The molecule has 0 amide bonds. The van der Waals surface area contributed by atoms with Crippen molar-refractivity contribution in [2.24, 2.45) is 0 Å². The van der Waals surface area contributed by atoms with Gasteiger partial charge < -0.3 is 4.98 Å². The third-order valence-corrected chi connectivity index (χ3v) is 6.92. The lowest BCUT2D eigenvalue weighted by Crippen LogP contribution is -2.38. The summed E-state index contributed by atoms with van der Waals surface area (Å²) in [6.45, 7) is 2.47. The number of halogens is 1. The smallest absolute Gasteiger partial charge is 0.245 e. The van der Waals surface area contributed by atoms with Crippen LogP contribution in [-0.2, 0) is 22.3 Å². The first kappa shape index (κ1) is 14.1. The van der Waals surface area contributed by atoms with Crippen molar-refractivity contribution in [1.82, 2.24) is 9.29 Å². The number of alkyl halides is 1. The SMILES string of the molecule is CC1c2ccsc2CCN1S(=O)(=O)c1c[nH]c(CCl)c1. The molecule has 1 atom stereocenters. The molecular weight excluding hydrogens is 316 g/mol. The molecule has 1 unspecified atom stereocenters. The Labute approximate surface area is 127 Å². The van der Waals surface area contributed by atoms with Gasteiger partial charge in [-0.1, -0.05) is 0 Å². The predicted octanol–water partition coefficient (Wildman–Crippen LogP) is 3.12. The van der Waals surface area contributed by atoms with Gasteiger partial charge in [0, 0.05) is 29.4 Å². The molecule has 0 saturated carbocycles. The maximum absolute atomic E-state index is 12.7. The van der Waals surface area contributed by atoms with Gasteiger partial charge in [-0.25, -0.2) is 8.42 Å². The lowest BCUT2D eigenvalue weighted by atomic mass is 10.0. The van der Waals surface area contributed by atoms with Crippen molar-refractivity contribution in [1.29, 1.82) is 0 Å². The van der Waals surface area contributed by atoms with Crippen molar-refractivity contribution in [3.05, 3.63) is 39.8 Å². The van der Waals surface area contributed by atoms with Crippen LogP contribution >= 0.6 is 22.9 Å². The Balaban J connectivity index is 1.96. The number of rotatable bonds is 3. The lowest BCUT2D eigenvalue weighted by Gasteiger charge is -2.32. The second kappa shape index (κ2) is 5.18. The first-order chi connectivity index (χ1) is 9.54. The van der Waals surface area contributed by atoms with Crippen LogP contribution in [0.25, 0.3) is 0 Å². The zero-order chi connectivity index (χ0) is 14.3. The van der Waals surface area contributed by atoms with E-state index in [1.54, 1.807) is 21.7 Å². The van der Waals surface area contributed by atoms with E-state index in [4.69, 9.17) is 11.6 Å². The van der Waals surface area contributed by atoms with E-state index in [2.05, 4.69) is 4.98 Å². The largest absolute Gasteiger partial charge is 0.363 e. The zero-order valence-electron chi connectivity index (χ0n) is 11.0. The van der Waals surface area contributed by atoms with Gasteiger partial charge in [0.2, 0.25) is 10.0 Å². The minimum atomic E-state index is -3.47. The highest BCUT2D eigenvalue weighted by Gasteiger charge is 2.34. The van der Waals surface area contributed by atoms with E-state index >= 15 is 0 Å². The van der Waals surface area contributed by atoms with E-state index in [1.165, 1.54) is 11.1 Å². The monoisotopic (exact) mass is 330 g/mol. The molecule has 1 aliphatic rings. The Hall–Kier alpha value is -0.820. The number of sulfonamides is 1. The molecule has 0 fully saturated rings. The molecule has 1 aliphatic heterocycles. The highest BCUT2D eigenvalue weighted by Crippen LogP contribution is 2.36. The summed E-state index contributed by atoms with van der Waals surface area (Å²) in [5.74, 6) is 0.278. The molecule has 0 bridgehead atoms. The minimum absolute atomic E-state index is 0.121. The summed E-state index contributed by atoms with van der Waals surface area (Å²) in [4.78, 5) is 4.48. The molecule has 3 rings (SSSR count). The molecule has 2 aromatic rings. The zero-order valence-corrected chi connectivity index (χ0v) is 13.4. The number of aromatic nitrogens is 1. The van der Waals surface area contributed by atoms with Gasteiger partial charge in [-0.3, -0.25) is 0 Å². The summed E-state index contributed by atoms with van der Waals surface area (Å²) in [5, 5.41) is 2.03. The molecule has 108 valence electrons.